The molecule has 0 saturated heterocycles. The Morgan fingerprint density at radius 2 is 2.12 bits per heavy atom. The van der Waals surface area contributed by atoms with Crippen molar-refractivity contribution in [2.24, 2.45) is 0 Å². The summed E-state index contributed by atoms with van der Waals surface area (Å²) < 4.78 is 4.68. The van der Waals surface area contributed by atoms with Crippen molar-refractivity contribution >= 4 is 27.9 Å². The van der Waals surface area contributed by atoms with Gasteiger partial charge in [-0.3, -0.25) is 0 Å². The van der Waals surface area contributed by atoms with Gasteiger partial charge in [-0.25, -0.2) is 9.78 Å². The number of ether oxygens (including phenoxy) is 1. The lowest BCUT2D eigenvalue weighted by molar-refractivity contribution is 0.0600. The number of aromatic amines is 1. The van der Waals surface area contributed by atoms with Crippen molar-refractivity contribution in [3.63, 3.8) is 0 Å². The minimum absolute atomic E-state index is 0.371. The van der Waals surface area contributed by atoms with Crippen LogP contribution < -0.4 is 0 Å². The highest BCUT2D eigenvalue weighted by Crippen LogP contribution is 2.24. The fourth-order valence-electron chi connectivity index (χ4n) is 1.95. The zero-order valence-corrected chi connectivity index (χ0v) is 9.23. The number of hydrogen-bond acceptors (Lipinski definition) is 3. The van der Waals surface area contributed by atoms with E-state index in [1.165, 1.54) is 13.3 Å². The van der Waals surface area contributed by atoms with Crippen LogP contribution in [-0.4, -0.2) is 23.0 Å². The summed E-state index contributed by atoms with van der Waals surface area (Å²) >= 11 is 0. The molecule has 84 valence electrons. The molecular formula is C13H10N2O2. The molecule has 2 heterocycles. The van der Waals surface area contributed by atoms with E-state index in [1.54, 1.807) is 6.07 Å². The van der Waals surface area contributed by atoms with E-state index >= 15 is 0 Å². The summed E-state index contributed by atoms with van der Waals surface area (Å²) in [6.45, 7) is 0. The van der Waals surface area contributed by atoms with E-state index in [9.17, 15) is 4.79 Å². The predicted octanol–water partition coefficient (Wildman–Crippen LogP) is 2.50. The first-order valence-corrected chi connectivity index (χ1v) is 5.24. The van der Waals surface area contributed by atoms with Gasteiger partial charge in [0.1, 0.15) is 5.65 Å². The molecule has 0 aliphatic rings. The zero-order chi connectivity index (χ0) is 11.8. The van der Waals surface area contributed by atoms with Gasteiger partial charge >= 0.3 is 5.97 Å². The zero-order valence-electron chi connectivity index (χ0n) is 9.23. The highest BCUT2D eigenvalue weighted by molar-refractivity contribution is 6.07. The van der Waals surface area contributed by atoms with Gasteiger partial charge in [0.15, 0.2) is 0 Å². The van der Waals surface area contributed by atoms with Gasteiger partial charge in [-0.2, -0.15) is 0 Å². The van der Waals surface area contributed by atoms with Crippen molar-refractivity contribution in [3.05, 3.63) is 42.1 Å². The van der Waals surface area contributed by atoms with Crippen LogP contribution in [0.5, 0.6) is 0 Å². The number of carbonyl (C=O) groups excluding carboxylic acids is 1. The molecule has 0 fully saturated rings. The number of H-pyrrole nitrogens is 1. The molecule has 0 aliphatic heterocycles. The molecule has 4 heteroatoms. The maximum absolute atomic E-state index is 11.4. The second-order valence-corrected chi connectivity index (χ2v) is 3.78. The van der Waals surface area contributed by atoms with E-state index in [1.807, 2.05) is 24.3 Å². The van der Waals surface area contributed by atoms with Gasteiger partial charge in [0.2, 0.25) is 0 Å². The number of nitrogens with zero attached hydrogens (tertiary/aromatic N) is 1. The minimum atomic E-state index is -0.371. The third kappa shape index (κ3) is 1.45. The largest absolute Gasteiger partial charge is 0.465 e. The Balaban J connectivity index is 2.33. The Morgan fingerprint density at radius 3 is 2.94 bits per heavy atom. The van der Waals surface area contributed by atoms with E-state index < -0.39 is 0 Å². The lowest BCUT2D eigenvalue weighted by atomic mass is 10.1. The van der Waals surface area contributed by atoms with Crippen LogP contribution >= 0.6 is 0 Å². The molecular weight excluding hydrogens is 216 g/mol. The van der Waals surface area contributed by atoms with Crippen molar-refractivity contribution < 1.29 is 9.53 Å². The highest BCUT2D eigenvalue weighted by atomic mass is 16.5. The summed E-state index contributed by atoms with van der Waals surface area (Å²) in [6, 6.07) is 9.69. The summed E-state index contributed by atoms with van der Waals surface area (Å²) in [5, 5.41) is 1.99. The van der Waals surface area contributed by atoms with E-state index in [-0.39, 0.29) is 5.97 Å². The number of methoxy groups -OCH3 is 1. The first-order valence-electron chi connectivity index (χ1n) is 5.24. The van der Waals surface area contributed by atoms with Crippen molar-refractivity contribution in [2.45, 2.75) is 0 Å². The SMILES string of the molecule is COC(=O)c1cnc2[nH]c3ccccc3c2c1. The minimum Gasteiger partial charge on any atom is -0.465 e. The van der Waals surface area contributed by atoms with E-state index in [4.69, 9.17) is 0 Å². The van der Waals surface area contributed by atoms with E-state index in [0.29, 0.717) is 5.56 Å². The average Bonchev–Trinajstić information content (AvgIpc) is 2.75. The predicted molar refractivity (Wildman–Crippen MR) is 64.9 cm³/mol. The molecule has 0 atom stereocenters. The molecule has 0 amide bonds. The molecule has 3 rings (SSSR count). The Morgan fingerprint density at radius 1 is 1.29 bits per heavy atom. The number of aromatic nitrogens is 2. The number of rotatable bonds is 1. The van der Waals surface area contributed by atoms with Crippen LogP contribution in [0.3, 0.4) is 0 Å². The Kier molecular flexibility index (Phi) is 2.08. The summed E-state index contributed by atoms with van der Waals surface area (Å²) in [5.41, 5.74) is 2.25. The lowest BCUT2D eigenvalue weighted by Gasteiger charge is -1.98. The molecule has 0 aliphatic carbocycles. The number of nitrogens with one attached hydrogen (secondary N) is 1. The van der Waals surface area contributed by atoms with Crippen LogP contribution in [0.2, 0.25) is 0 Å². The van der Waals surface area contributed by atoms with Gasteiger partial charge in [-0.05, 0) is 12.1 Å². The number of esters is 1. The van der Waals surface area contributed by atoms with Crippen molar-refractivity contribution in [3.8, 4) is 0 Å². The first-order chi connectivity index (χ1) is 8.29. The van der Waals surface area contributed by atoms with Crippen LogP contribution in [0, 0.1) is 0 Å². The van der Waals surface area contributed by atoms with Crippen molar-refractivity contribution in [2.75, 3.05) is 7.11 Å². The summed E-state index contributed by atoms with van der Waals surface area (Å²) in [5.74, 6) is -0.371. The van der Waals surface area contributed by atoms with Gasteiger partial charge in [0, 0.05) is 22.5 Å². The summed E-state index contributed by atoms with van der Waals surface area (Å²) in [6.07, 6.45) is 1.52. The molecule has 0 bridgehead atoms. The van der Waals surface area contributed by atoms with Crippen molar-refractivity contribution in [1.82, 2.24) is 9.97 Å². The summed E-state index contributed by atoms with van der Waals surface area (Å²) in [4.78, 5) is 18.9. The second-order valence-electron chi connectivity index (χ2n) is 3.78. The number of benzene rings is 1. The quantitative estimate of drug-likeness (QED) is 0.648. The smallest absolute Gasteiger partial charge is 0.339 e. The van der Waals surface area contributed by atoms with Crippen LogP contribution in [0.4, 0.5) is 0 Å². The standard InChI is InChI=1S/C13H10N2O2/c1-17-13(16)8-6-10-9-4-2-3-5-11(9)15-12(10)14-7-8/h2-7H,1H3,(H,14,15). The fraction of sp³-hybridized carbons (Fsp3) is 0.0769. The Bertz CT molecular complexity index is 716. The molecule has 17 heavy (non-hydrogen) atoms. The van der Waals surface area contributed by atoms with Gasteiger partial charge in [-0.15, -0.1) is 0 Å². The van der Waals surface area contributed by atoms with E-state index in [2.05, 4.69) is 14.7 Å². The Hall–Kier alpha value is -2.36. The number of carbonyl (C=O) groups is 1. The van der Waals surface area contributed by atoms with Crippen molar-refractivity contribution in [1.29, 1.82) is 0 Å². The van der Waals surface area contributed by atoms with Crippen LogP contribution in [0.25, 0.3) is 21.9 Å². The molecule has 1 aromatic carbocycles. The molecule has 0 spiro atoms. The average molecular weight is 226 g/mol. The molecule has 1 N–H and O–H groups in total. The van der Waals surface area contributed by atoms with Gasteiger partial charge in [0.25, 0.3) is 0 Å². The fourth-order valence-corrected chi connectivity index (χ4v) is 1.95. The monoisotopic (exact) mass is 226 g/mol. The van der Waals surface area contributed by atoms with Gasteiger partial charge in [0.05, 0.1) is 12.7 Å². The molecule has 2 aromatic heterocycles. The number of hydrogen-bond donors (Lipinski definition) is 1. The topological polar surface area (TPSA) is 55.0 Å². The Labute approximate surface area is 97.2 Å². The number of pyridine rings is 1. The molecule has 0 radical (unpaired) electrons. The summed E-state index contributed by atoms with van der Waals surface area (Å²) in [7, 11) is 1.36. The number of para-hydroxylation sites is 1. The van der Waals surface area contributed by atoms with Crippen LogP contribution in [0.15, 0.2) is 36.5 Å². The second kappa shape index (κ2) is 3.59. The third-order valence-electron chi connectivity index (χ3n) is 2.78. The lowest BCUT2D eigenvalue weighted by Crippen LogP contribution is -2.01. The number of fused-ring (bicyclic) bond motifs is 3. The normalized spacial score (nSPS) is 10.9. The molecule has 0 unspecified atom stereocenters. The van der Waals surface area contributed by atoms with E-state index in [0.717, 1.165) is 21.9 Å². The third-order valence-corrected chi connectivity index (χ3v) is 2.78. The highest BCUT2D eigenvalue weighted by Gasteiger charge is 2.10. The van der Waals surface area contributed by atoms with Crippen LogP contribution in [0.1, 0.15) is 10.4 Å². The molecule has 4 nitrogen and oxygen atoms in total. The van der Waals surface area contributed by atoms with Crippen LogP contribution in [-0.2, 0) is 4.74 Å². The molecule has 3 aromatic rings. The maximum Gasteiger partial charge on any atom is 0.339 e. The molecule has 0 saturated carbocycles. The first kappa shape index (κ1) is 9.84. The maximum atomic E-state index is 11.4. The van der Waals surface area contributed by atoms with Gasteiger partial charge in [-0.1, -0.05) is 18.2 Å². The van der Waals surface area contributed by atoms with Gasteiger partial charge < -0.3 is 9.72 Å².